The van der Waals surface area contributed by atoms with Crippen LogP contribution in [0, 0.1) is 0 Å². The predicted molar refractivity (Wildman–Crippen MR) is 257 cm³/mol. The third-order valence-corrected chi connectivity index (χ3v) is 10.3. The molecule has 1 amide bonds. The molecule has 0 aromatic heterocycles. The Hall–Kier alpha value is -2.95. The van der Waals surface area contributed by atoms with E-state index < -0.39 is 12.1 Å². The molecule has 0 aromatic carbocycles. The lowest BCUT2D eigenvalue weighted by Crippen LogP contribution is -2.45. The molecule has 0 rings (SSSR count). The van der Waals surface area contributed by atoms with Crippen molar-refractivity contribution in [1.29, 1.82) is 0 Å². The van der Waals surface area contributed by atoms with Crippen LogP contribution in [0.1, 0.15) is 206 Å². The van der Waals surface area contributed by atoms with Gasteiger partial charge in [-0.15, -0.1) is 0 Å². The molecule has 4 nitrogen and oxygen atoms in total. The van der Waals surface area contributed by atoms with Gasteiger partial charge in [0.25, 0.3) is 0 Å². The molecule has 3 N–H and O–H groups in total. The Bertz CT molecular complexity index is 1140. The Morgan fingerprint density at radius 1 is 0.431 bits per heavy atom. The summed E-state index contributed by atoms with van der Waals surface area (Å²) in [5, 5.41) is 22.8. The number of nitrogens with one attached hydrogen (secondary N) is 1. The third-order valence-electron chi connectivity index (χ3n) is 10.3. The van der Waals surface area contributed by atoms with Gasteiger partial charge < -0.3 is 15.5 Å². The third kappa shape index (κ3) is 44.2. The molecule has 2 atom stereocenters. The smallest absolute Gasteiger partial charge is 0.220 e. The molecule has 0 radical (unpaired) electrons. The molecule has 4 heteroatoms. The number of hydrogen-bond donors (Lipinski definition) is 3. The molecule has 0 aliphatic carbocycles. The lowest BCUT2D eigenvalue weighted by Gasteiger charge is -2.22. The van der Waals surface area contributed by atoms with Crippen LogP contribution in [0.2, 0.25) is 0 Å². The van der Waals surface area contributed by atoms with Crippen LogP contribution in [0.3, 0.4) is 0 Å². The van der Waals surface area contributed by atoms with Gasteiger partial charge >= 0.3 is 0 Å². The summed E-state index contributed by atoms with van der Waals surface area (Å²) in [4.78, 5) is 12.3. The maximum atomic E-state index is 12.3. The second-order valence-electron chi connectivity index (χ2n) is 15.8. The zero-order valence-electron chi connectivity index (χ0n) is 37.8. The number of hydrogen-bond acceptors (Lipinski definition) is 3. The first-order valence-corrected chi connectivity index (χ1v) is 24.1. The Balaban J connectivity index is 3.52. The molecule has 0 heterocycles. The lowest BCUT2D eigenvalue weighted by molar-refractivity contribution is -0.123. The number of aliphatic hydroxyl groups is 2. The van der Waals surface area contributed by atoms with Gasteiger partial charge in [0.2, 0.25) is 5.91 Å². The molecule has 0 aliphatic rings. The highest BCUT2D eigenvalue weighted by Gasteiger charge is 2.19. The summed E-state index contributed by atoms with van der Waals surface area (Å²) < 4.78 is 0. The van der Waals surface area contributed by atoms with E-state index >= 15 is 0 Å². The molecule has 0 saturated carbocycles. The zero-order valence-corrected chi connectivity index (χ0v) is 37.8. The number of carbonyl (C=O) groups is 1. The van der Waals surface area contributed by atoms with Crippen molar-refractivity contribution in [3.05, 3.63) is 109 Å². The molecule has 58 heavy (non-hydrogen) atoms. The summed E-state index contributed by atoms with van der Waals surface area (Å²) in [6, 6.07) is -0.538. The van der Waals surface area contributed by atoms with Crippen LogP contribution in [0.25, 0.3) is 0 Å². The highest BCUT2D eigenvalue weighted by molar-refractivity contribution is 5.76. The van der Waals surface area contributed by atoms with Crippen molar-refractivity contribution < 1.29 is 15.0 Å². The average molecular weight is 802 g/mol. The van der Waals surface area contributed by atoms with Crippen LogP contribution in [0.4, 0.5) is 0 Å². The highest BCUT2D eigenvalue weighted by atomic mass is 16.3. The van der Waals surface area contributed by atoms with Crippen molar-refractivity contribution in [2.45, 2.75) is 219 Å². The predicted octanol–water partition coefficient (Wildman–Crippen LogP) is 15.6. The van der Waals surface area contributed by atoms with Crippen LogP contribution in [-0.2, 0) is 4.79 Å². The maximum Gasteiger partial charge on any atom is 0.220 e. The van der Waals surface area contributed by atoms with Crippen LogP contribution in [0.15, 0.2) is 109 Å². The van der Waals surface area contributed by atoms with Gasteiger partial charge in [0.15, 0.2) is 0 Å². The van der Waals surface area contributed by atoms with Crippen molar-refractivity contribution >= 4 is 5.91 Å². The van der Waals surface area contributed by atoms with Crippen molar-refractivity contribution in [3.8, 4) is 0 Å². The highest BCUT2D eigenvalue weighted by Crippen LogP contribution is 2.14. The minimum absolute atomic E-state index is 0.0447. The molecule has 0 spiro atoms. The Morgan fingerprint density at radius 3 is 1.14 bits per heavy atom. The summed E-state index contributed by atoms with van der Waals surface area (Å²) in [7, 11) is 0. The second-order valence-corrected chi connectivity index (χ2v) is 15.8. The van der Waals surface area contributed by atoms with Crippen molar-refractivity contribution in [3.63, 3.8) is 0 Å². The van der Waals surface area contributed by atoms with Gasteiger partial charge in [-0.3, -0.25) is 4.79 Å². The van der Waals surface area contributed by atoms with Gasteiger partial charge in [-0.2, -0.15) is 0 Å². The van der Waals surface area contributed by atoms with E-state index in [4.69, 9.17) is 0 Å². The number of carbonyl (C=O) groups excluding carboxylic acids is 1. The van der Waals surface area contributed by atoms with Gasteiger partial charge in [0.05, 0.1) is 18.8 Å². The van der Waals surface area contributed by atoms with Gasteiger partial charge in [-0.25, -0.2) is 0 Å². The van der Waals surface area contributed by atoms with Gasteiger partial charge in [-0.05, 0) is 83.5 Å². The SMILES string of the molecule is CC/C=C\C/C=C\C/C=C\C/C=C\C/C=C\C/C=C\C/C=C\C/C=C\C/C=C\CCCCCCCCCCCCCCCC(=O)NC(CO)C(O)CCCCCCC. The van der Waals surface area contributed by atoms with Crippen molar-refractivity contribution in [2.75, 3.05) is 6.61 Å². The monoisotopic (exact) mass is 802 g/mol. The minimum atomic E-state index is -0.660. The fraction of sp³-hybridized carbons (Fsp3) is 0.648. The molecule has 330 valence electrons. The molecule has 0 saturated heterocycles. The quantitative estimate of drug-likeness (QED) is 0.0425. The molecule has 0 aliphatic heterocycles. The fourth-order valence-corrected chi connectivity index (χ4v) is 6.65. The molecular formula is C54H91NO3. The van der Waals surface area contributed by atoms with Gasteiger partial charge in [0, 0.05) is 6.42 Å². The summed E-state index contributed by atoms with van der Waals surface area (Å²) in [5.74, 6) is -0.0447. The summed E-state index contributed by atoms with van der Waals surface area (Å²) >= 11 is 0. The van der Waals surface area contributed by atoms with E-state index in [9.17, 15) is 15.0 Å². The number of allylic oxidation sites excluding steroid dienone is 18. The summed E-state index contributed by atoms with van der Waals surface area (Å²) in [6.07, 6.45) is 73.7. The van der Waals surface area contributed by atoms with Gasteiger partial charge in [-0.1, -0.05) is 226 Å². The van der Waals surface area contributed by atoms with Crippen LogP contribution >= 0.6 is 0 Å². The van der Waals surface area contributed by atoms with E-state index in [2.05, 4.69) is 129 Å². The number of amides is 1. The van der Waals surface area contributed by atoms with E-state index in [1.165, 1.54) is 96.3 Å². The first kappa shape index (κ1) is 55.0. The van der Waals surface area contributed by atoms with E-state index in [1.807, 2.05) is 0 Å². The van der Waals surface area contributed by atoms with E-state index in [0.717, 1.165) is 83.5 Å². The van der Waals surface area contributed by atoms with Crippen molar-refractivity contribution in [1.82, 2.24) is 5.32 Å². The van der Waals surface area contributed by atoms with E-state index in [1.54, 1.807) is 0 Å². The second kappa shape index (κ2) is 48.4. The van der Waals surface area contributed by atoms with Crippen molar-refractivity contribution in [2.24, 2.45) is 0 Å². The molecule has 0 fully saturated rings. The zero-order chi connectivity index (χ0) is 42.1. The fourth-order valence-electron chi connectivity index (χ4n) is 6.65. The Labute approximate surface area is 359 Å². The largest absolute Gasteiger partial charge is 0.394 e. The first-order valence-electron chi connectivity index (χ1n) is 24.1. The maximum absolute atomic E-state index is 12.3. The van der Waals surface area contributed by atoms with Crippen LogP contribution < -0.4 is 5.32 Å². The number of unbranched alkanes of at least 4 members (excludes halogenated alkanes) is 17. The normalized spacial score (nSPS) is 13.9. The summed E-state index contributed by atoms with van der Waals surface area (Å²) in [5.41, 5.74) is 0. The molecule has 0 aromatic rings. The average Bonchev–Trinajstić information content (AvgIpc) is 3.23. The number of aliphatic hydroxyl groups excluding tert-OH is 2. The van der Waals surface area contributed by atoms with Gasteiger partial charge in [0.1, 0.15) is 0 Å². The summed E-state index contributed by atoms with van der Waals surface area (Å²) in [6.45, 7) is 4.15. The first-order chi connectivity index (χ1) is 28.7. The van der Waals surface area contributed by atoms with E-state index in [-0.39, 0.29) is 12.5 Å². The number of rotatable bonds is 42. The lowest BCUT2D eigenvalue weighted by atomic mass is 10.0. The van der Waals surface area contributed by atoms with Crippen LogP contribution in [0.5, 0.6) is 0 Å². The Morgan fingerprint density at radius 2 is 0.759 bits per heavy atom. The standard InChI is InChI=1S/C54H91NO3/c1-3-5-7-9-10-11-12-13-14-15-16-17-18-19-20-21-22-23-24-25-26-27-28-29-30-31-32-33-34-35-36-37-38-39-40-41-42-43-44-46-48-50-54(58)55-52(51-56)53(57)49-47-45-8-6-4-2/h5,7,10-11,13-14,16-17,19-20,22-23,25-26,28-29,31-32,52-53,56-57H,3-4,6,8-9,12,15,18,21,24,27,30,33-51H2,1-2H3,(H,55,58)/b7-5-,11-10-,14-13-,17-16-,20-19-,23-22-,26-25-,29-28-,32-31-. The van der Waals surface area contributed by atoms with E-state index in [0.29, 0.717) is 12.8 Å². The molecule has 2 unspecified atom stereocenters. The molecule has 0 bridgehead atoms. The Kier molecular flexibility index (Phi) is 46.0. The topological polar surface area (TPSA) is 69.6 Å². The van der Waals surface area contributed by atoms with Crippen LogP contribution in [-0.4, -0.2) is 34.9 Å². The molecular weight excluding hydrogens is 711 g/mol. The minimum Gasteiger partial charge on any atom is -0.394 e.